The third-order valence-corrected chi connectivity index (χ3v) is 5.79. The average Bonchev–Trinajstić information content (AvgIpc) is 3.15. The van der Waals surface area contributed by atoms with Gasteiger partial charge in [0.2, 0.25) is 0 Å². The molecule has 1 unspecified atom stereocenters. The minimum Gasteiger partial charge on any atom is -0.297 e. The Morgan fingerprint density at radius 1 is 1.31 bits per heavy atom. The Hall–Kier alpha value is -2.52. The predicted octanol–water partition coefficient (Wildman–Crippen LogP) is 6.30. The van der Waals surface area contributed by atoms with Crippen molar-refractivity contribution in [2.75, 3.05) is 13.1 Å². The Kier molecular flexibility index (Phi) is 6.81. The second kappa shape index (κ2) is 9.32. The number of nitrogens with zero attached hydrogens (tertiary/aromatic N) is 2. The lowest BCUT2D eigenvalue weighted by molar-refractivity contribution is 0.322. The fourth-order valence-corrected chi connectivity index (χ4v) is 4.08. The van der Waals surface area contributed by atoms with Gasteiger partial charge in [0.05, 0.1) is 11.9 Å². The van der Waals surface area contributed by atoms with Gasteiger partial charge in [-0.05, 0) is 71.7 Å². The predicted molar refractivity (Wildman–Crippen MR) is 120 cm³/mol. The van der Waals surface area contributed by atoms with Gasteiger partial charge in [0.1, 0.15) is 5.82 Å². The number of aryl methyl sites for hydroxylation is 1. The van der Waals surface area contributed by atoms with E-state index in [1.165, 1.54) is 34.5 Å². The van der Waals surface area contributed by atoms with Crippen LogP contribution in [0.1, 0.15) is 48.6 Å². The third-order valence-electron chi connectivity index (χ3n) is 5.79. The van der Waals surface area contributed by atoms with Crippen LogP contribution in [0.2, 0.25) is 0 Å². The van der Waals surface area contributed by atoms with Crippen molar-refractivity contribution in [1.29, 1.82) is 0 Å². The number of pyridine rings is 1. The molecule has 1 aromatic carbocycles. The molecule has 0 saturated carbocycles. The number of rotatable bonds is 7. The molecule has 0 radical (unpaired) electrons. The third kappa shape index (κ3) is 5.10. The molecule has 2 nitrogen and oxygen atoms in total. The molecular formula is C26H31FN2. The van der Waals surface area contributed by atoms with Gasteiger partial charge in [-0.3, -0.25) is 9.88 Å². The van der Waals surface area contributed by atoms with E-state index in [0.29, 0.717) is 11.8 Å². The van der Waals surface area contributed by atoms with E-state index in [-0.39, 0.29) is 5.82 Å². The van der Waals surface area contributed by atoms with Crippen LogP contribution in [0.4, 0.5) is 4.39 Å². The largest absolute Gasteiger partial charge is 0.297 e. The fourth-order valence-electron chi connectivity index (χ4n) is 4.08. The summed E-state index contributed by atoms with van der Waals surface area (Å²) in [4.78, 5) is 6.60. The van der Waals surface area contributed by atoms with E-state index in [9.17, 15) is 4.39 Å². The summed E-state index contributed by atoms with van der Waals surface area (Å²) in [7, 11) is 0. The van der Waals surface area contributed by atoms with E-state index < -0.39 is 0 Å². The summed E-state index contributed by atoms with van der Waals surface area (Å²) in [5, 5.41) is 0. The first-order valence-corrected chi connectivity index (χ1v) is 10.3. The first-order chi connectivity index (χ1) is 13.9. The first kappa shape index (κ1) is 21.2. The van der Waals surface area contributed by atoms with Crippen LogP contribution in [-0.2, 0) is 6.54 Å². The molecule has 1 atom stereocenters. The highest BCUT2D eigenvalue weighted by atomic mass is 19.1. The van der Waals surface area contributed by atoms with Gasteiger partial charge in [0.15, 0.2) is 0 Å². The molecule has 1 aliphatic heterocycles. The molecule has 3 heteroatoms. The zero-order valence-corrected chi connectivity index (χ0v) is 17.8. The molecule has 0 spiro atoms. The van der Waals surface area contributed by atoms with Crippen molar-refractivity contribution in [3.63, 3.8) is 0 Å². The van der Waals surface area contributed by atoms with Crippen molar-refractivity contribution in [2.24, 2.45) is 5.92 Å². The minimum atomic E-state index is -0.284. The van der Waals surface area contributed by atoms with Crippen LogP contribution in [0, 0.1) is 18.7 Å². The maximum absolute atomic E-state index is 13.1. The molecule has 0 bridgehead atoms. The van der Waals surface area contributed by atoms with Crippen molar-refractivity contribution in [1.82, 2.24) is 9.88 Å². The molecular weight excluding hydrogens is 359 g/mol. The molecule has 29 heavy (non-hydrogen) atoms. The van der Waals surface area contributed by atoms with Gasteiger partial charge in [0, 0.05) is 13.1 Å². The number of benzene rings is 1. The molecule has 0 aliphatic carbocycles. The summed E-state index contributed by atoms with van der Waals surface area (Å²) >= 11 is 0. The molecule has 0 amide bonds. The number of aromatic nitrogens is 1. The number of halogens is 1. The summed E-state index contributed by atoms with van der Waals surface area (Å²) in [6.07, 6.45) is 6.33. The maximum Gasteiger partial charge on any atom is 0.141 e. The summed E-state index contributed by atoms with van der Waals surface area (Å²) in [5.41, 5.74) is 7.16. The van der Waals surface area contributed by atoms with Gasteiger partial charge in [-0.25, -0.2) is 4.39 Å². The lowest BCUT2D eigenvalue weighted by Crippen LogP contribution is -2.20. The van der Waals surface area contributed by atoms with Crippen LogP contribution >= 0.6 is 0 Å². The van der Waals surface area contributed by atoms with Crippen molar-refractivity contribution in [3.8, 4) is 0 Å². The second-order valence-electron chi connectivity index (χ2n) is 8.26. The molecule has 2 aromatic rings. The molecule has 1 saturated heterocycles. The number of hydrogen-bond donors (Lipinski definition) is 0. The SMILES string of the molecule is C=C/C=C(\C(=C)C(C)C)c1ccc(C2CCN(Cc3ccc(F)cn3)C2)c(C)c1. The zero-order chi connectivity index (χ0) is 21.0. The molecule has 1 fully saturated rings. The van der Waals surface area contributed by atoms with E-state index >= 15 is 0 Å². The van der Waals surface area contributed by atoms with Crippen LogP contribution in [0.15, 0.2) is 67.4 Å². The molecule has 2 heterocycles. The van der Waals surface area contributed by atoms with Crippen molar-refractivity contribution >= 4 is 5.57 Å². The van der Waals surface area contributed by atoms with Crippen LogP contribution in [0.3, 0.4) is 0 Å². The van der Waals surface area contributed by atoms with Crippen LogP contribution < -0.4 is 0 Å². The summed E-state index contributed by atoms with van der Waals surface area (Å²) in [6, 6.07) is 10.0. The Balaban J connectivity index is 1.73. The molecule has 1 aromatic heterocycles. The van der Waals surface area contributed by atoms with Crippen molar-refractivity contribution < 1.29 is 4.39 Å². The maximum atomic E-state index is 13.1. The summed E-state index contributed by atoms with van der Waals surface area (Å²) in [6.45, 7) is 17.5. The van der Waals surface area contributed by atoms with E-state index in [1.54, 1.807) is 6.07 Å². The zero-order valence-electron chi connectivity index (χ0n) is 17.8. The summed E-state index contributed by atoms with van der Waals surface area (Å²) < 4.78 is 13.1. The highest BCUT2D eigenvalue weighted by Gasteiger charge is 2.25. The van der Waals surface area contributed by atoms with E-state index in [0.717, 1.165) is 37.3 Å². The molecule has 0 N–H and O–H groups in total. The molecule has 152 valence electrons. The number of allylic oxidation sites excluding steroid dienone is 4. The van der Waals surface area contributed by atoms with Gasteiger partial charge in [-0.2, -0.15) is 0 Å². The van der Waals surface area contributed by atoms with Crippen molar-refractivity contribution in [2.45, 2.75) is 39.7 Å². The first-order valence-electron chi connectivity index (χ1n) is 10.3. The monoisotopic (exact) mass is 390 g/mol. The smallest absolute Gasteiger partial charge is 0.141 e. The van der Waals surface area contributed by atoms with Gasteiger partial charge in [0.25, 0.3) is 0 Å². The van der Waals surface area contributed by atoms with Gasteiger partial charge in [-0.15, -0.1) is 0 Å². The van der Waals surface area contributed by atoms with Crippen LogP contribution in [0.25, 0.3) is 5.57 Å². The topological polar surface area (TPSA) is 16.1 Å². The highest BCUT2D eigenvalue weighted by Crippen LogP contribution is 2.34. The average molecular weight is 391 g/mol. The lowest BCUT2D eigenvalue weighted by Gasteiger charge is -2.19. The molecule has 1 aliphatic rings. The summed E-state index contributed by atoms with van der Waals surface area (Å²) in [5.74, 6) is 0.628. The number of hydrogen-bond acceptors (Lipinski definition) is 2. The Bertz CT molecular complexity index is 909. The van der Waals surface area contributed by atoms with E-state index in [1.807, 2.05) is 6.08 Å². The highest BCUT2D eigenvalue weighted by molar-refractivity contribution is 5.80. The van der Waals surface area contributed by atoms with E-state index in [2.05, 4.69) is 68.1 Å². The van der Waals surface area contributed by atoms with Gasteiger partial charge in [-0.1, -0.05) is 57.4 Å². The van der Waals surface area contributed by atoms with Gasteiger partial charge >= 0.3 is 0 Å². The standard InChI is InChI=1S/C26H31FN2/c1-6-7-26(20(5)18(2)3)21-8-11-25(19(4)14-21)22-12-13-29(16-22)17-24-10-9-23(27)15-28-24/h6-11,14-15,18,22H,1,5,12-13,16-17H2,2-4H3/b26-7+. The van der Waals surface area contributed by atoms with E-state index in [4.69, 9.17) is 0 Å². The quantitative estimate of drug-likeness (QED) is 0.516. The number of likely N-dealkylation sites (tertiary alicyclic amines) is 1. The van der Waals surface area contributed by atoms with Crippen LogP contribution in [0.5, 0.6) is 0 Å². The fraction of sp³-hybridized carbons (Fsp3) is 0.346. The Labute approximate surface area is 174 Å². The van der Waals surface area contributed by atoms with Crippen molar-refractivity contribution in [3.05, 3.63) is 95.6 Å². The minimum absolute atomic E-state index is 0.284. The Morgan fingerprint density at radius 2 is 2.10 bits per heavy atom. The normalized spacial score (nSPS) is 17.7. The van der Waals surface area contributed by atoms with Gasteiger partial charge < -0.3 is 0 Å². The van der Waals surface area contributed by atoms with Crippen LogP contribution in [-0.4, -0.2) is 23.0 Å². The molecule has 3 rings (SSSR count). The second-order valence-corrected chi connectivity index (χ2v) is 8.26. The Morgan fingerprint density at radius 3 is 2.72 bits per heavy atom. The lowest BCUT2D eigenvalue weighted by atomic mass is 9.87.